The van der Waals surface area contributed by atoms with E-state index in [1.54, 1.807) is 42.5 Å². The monoisotopic (exact) mass is 697 g/mol. The average Bonchev–Trinajstić information content (AvgIpc) is 3.57. The number of halogens is 3. The van der Waals surface area contributed by atoms with Gasteiger partial charge in [-0.1, -0.05) is 114 Å². The summed E-state index contributed by atoms with van der Waals surface area (Å²) in [6.45, 7) is -0.628. The third-order valence-corrected chi connectivity index (χ3v) is 10.8. The second-order valence-electron chi connectivity index (χ2n) is 11.2. The highest BCUT2D eigenvalue weighted by Crippen LogP contribution is 2.35. The van der Waals surface area contributed by atoms with Gasteiger partial charge < -0.3 is 10.2 Å². The number of sulfonamides is 1. The van der Waals surface area contributed by atoms with Crippen LogP contribution >= 0.6 is 34.8 Å². The number of carbonyl (C=O) groups excluding carboxylic acids is 2. The van der Waals surface area contributed by atoms with Gasteiger partial charge in [-0.15, -0.1) is 0 Å². The van der Waals surface area contributed by atoms with Crippen molar-refractivity contribution in [1.82, 2.24) is 10.2 Å². The first-order chi connectivity index (χ1) is 22.1. The van der Waals surface area contributed by atoms with Gasteiger partial charge in [-0.2, -0.15) is 0 Å². The van der Waals surface area contributed by atoms with E-state index in [-0.39, 0.29) is 45.5 Å². The Labute approximate surface area is 285 Å². The van der Waals surface area contributed by atoms with E-state index in [1.165, 1.54) is 29.2 Å². The third kappa shape index (κ3) is 8.23. The molecule has 1 N–H and O–H groups in total. The van der Waals surface area contributed by atoms with Crippen molar-refractivity contribution in [2.75, 3.05) is 10.8 Å². The zero-order valence-corrected chi connectivity index (χ0v) is 28.1. The van der Waals surface area contributed by atoms with Crippen LogP contribution in [-0.2, 0) is 32.6 Å². The van der Waals surface area contributed by atoms with E-state index >= 15 is 0 Å². The van der Waals surface area contributed by atoms with Gasteiger partial charge in [0.15, 0.2) is 0 Å². The number of rotatable bonds is 12. The smallest absolute Gasteiger partial charge is 0.264 e. The molecular weight excluding hydrogens is 665 g/mol. The van der Waals surface area contributed by atoms with Crippen LogP contribution in [-0.4, -0.2) is 43.8 Å². The van der Waals surface area contributed by atoms with Gasteiger partial charge >= 0.3 is 0 Å². The predicted octanol–water partition coefficient (Wildman–Crippen LogP) is 7.54. The Kier molecular flexibility index (Phi) is 11.3. The summed E-state index contributed by atoms with van der Waals surface area (Å²) in [6, 6.07) is 27.9. The lowest BCUT2D eigenvalue weighted by atomic mass is 10.0. The molecular formula is C35H34Cl3N3O4S. The number of hydrogen-bond acceptors (Lipinski definition) is 4. The molecule has 1 saturated carbocycles. The Morgan fingerprint density at radius 3 is 2.11 bits per heavy atom. The molecule has 1 fully saturated rings. The molecule has 2 amide bonds. The third-order valence-electron chi connectivity index (χ3n) is 8.02. The number of hydrogen-bond donors (Lipinski definition) is 1. The van der Waals surface area contributed by atoms with E-state index in [0.29, 0.717) is 10.6 Å². The number of nitrogens with one attached hydrogen (secondary N) is 1. The summed E-state index contributed by atoms with van der Waals surface area (Å²) >= 11 is 19.2. The van der Waals surface area contributed by atoms with Gasteiger partial charge in [0.05, 0.1) is 20.6 Å². The standard InChI is InChI=1S/C35H34Cl3N3O4S/c36-27-14-9-13-26(21-27)23-40(32(22-25-11-3-1-4-12-25)35(43)39-28-15-7-8-16-28)33(42)24-41(31-20-10-19-30(37)34(31)38)46(44,45)29-17-5-2-6-18-29/h1-6,9-14,17-21,28,32H,7-8,15-16,22-24H2,(H,39,43)/t32-/m1/s1. The van der Waals surface area contributed by atoms with E-state index in [4.69, 9.17) is 34.8 Å². The highest BCUT2D eigenvalue weighted by Gasteiger charge is 2.36. The lowest BCUT2D eigenvalue weighted by Crippen LogP contribution is -2.54. The van der Waals surface area contributed by atoms with Crippen LogP contribution in [0.1, 0.15) is 36.8 Å². The van der Waals surface area contributed by atoms with Gasteiger partial charge in [0, 0.05) is 24.0 Å². The van der Waals surface area contributed by atoms with E-state index in [1.807, 2.05) is 36.4 Å². The summed E-state index contributed by atoms with van der Waals surface area (Å²) in [7, 11) is -4.30. The van der Waals surface area contributed by atoms with Crippen LogP contribution in [0.15, 0.2) is 108 Å². The number of carbonyl (C=O) groups is 2. The van der Waals surface area contributed by atoms with Crippen molar-refractivity contribution in [3.05, 3.63) is 129 Å². The van der Waals surface area contributed by atoms with Gasteiger partial charge in [-0.3, -0.25) is 13.9 Å². The van der Waals surface area contributed by atoms with Crippen molar-refractivity contribution in [1.29, 1.82) is 0 Å². The molecule has 0 aliphatic heterocycles. The largest absolute Gasteiger partial charge is 0.352 e. The number of nitrogens with zero attached hydrogens (tertiary/aromatic N) is 2. The van der Waals surface area contributed by atoms with Crippen LogP contribution in [0.4, 0.5) is 5.69 Å². The maximum atomic E-state index is 14.6. The maximum absolute atomic E-state index is 14.6. The fraction of sp³-hybridized carbons (Fsp3) is 0.257. The summed E-state index contributed by atoms with van der Waals surface area (Å²) in [6.07, 6.45) is 3.98. The van der Waals surface area contributed by atoms with Crippen molar-refractivity contribution in [2.24, 2.45) is 0 Å². The number of benzene rings is 4. The Morgan fingerprint density at radius 2 is 1.43 bits per heavy atom. The fourth-order valence-electron chi connectivity index (χ4n) is 5.67. The Bertz CT molecular complexity index is 1770. The summed E-state index contributed by atoms with van der Waals surface area (Å²) in [5.41, 5.74) is 1.58. The number of anilines is 1. The highest BCUT2D eigenvalue weighted by molar-refractivity contribution is 7.92. The van der Waals surface area contributed by atoms with Gasteiger partial charge in [0.1, 0.15) is 12.6 Å². The molecule has 1 aliphatic rings. The molecule has 0 spiro atoms. The normalized spacial score (nSPS) is 14.1. The van der Waals surface area contributed by atoms with Crippen molar-refractivity contribution in [2.45, 2.75) is 55.6 Å². The minimum absolute atomic E-state index is 0.00844. The van der Waals surface area contributed by atoms with E-state index in [2.05, 4.69) is 5.32 Å². The Morgan fingerprint density at radius 1 is 0.804 bits per heavy atom. The van der Waals surface area contributed by atoms with Crippen LogP contribution < -0.4 is 9.62 Å². The van der Waals surface area contributed by atoms with Crippen molar-refractivity contribution in [3.8, 4) is 0 Å². The van der Waals surface area contributed by atoms with Crippen LogP contribution in [0.5, 0.6) is 0 Å². The SMILES string of the molecule is O=C(NC1CCCC1)[C@@H](Cc1ccccc1)N(Cc1cccc(Cl)c1)C(=O)CN(c1cccc(Cl)c1Cl)S(=O)(=O)c1ccccc1. The quantitative estimate of drug-likeness (QED) is 0.166. The number of amides is 2. The molecule has 46 heavy (non-hydrogen) atoms. The first-order valence-electron chi connectivity index (χ1n) is 15.0. The lowest BCUT2D eigenvalue weighted by Gasteiger charge is -2.34. The van der Waals surface area contributed by atoms with Crippen LogP contribution in [0.2, 0.25) is 15.1 Å². The summed E-state index contributed by atoms with van der Waals surface area (Å²) in [5, 5.41) is 3.75. The zero-order chi connectivity index (χ0) is 32.7. The molecule has 1 aliphatic carbocycles. The van der Waals surface area contributed by atoms with E-state index in [9.17, 15) is 18.0 Å². The van der Waals surface area contributed by atoms with Gasteiger partial charge in [0.2, 0.25) is 11.8 Å². The molecule has 0 heterocycles. The van der Waals surface area contributed by atoms with Gasteiger partial charge in [-0.05, 0) is 60.4 Å². The van der Waals surface area contributed by atoms with Gasteiger partial charge in [0.25, 0.3) is 10.0 Å². The zero-order valence-electron chi connectivity index (χ0n) is 25.0. The topological polar surface area (TPSA) is 86.8 Å². The van der Waals surface area contributed by atoms with Crippen LogP contribution in [0, 0.1) is 0 Å². The molecule has 4 aromatic carbocycles. The van der Waals surface area contributed by atoms with Crippen molar-refractivity contribution < 1.29 is 18.0 Å². The molecule has 1 atom stereocenters. The molecule has 0 radical (unpaired) electrons. The minimum Gasteiger partial charge on any atom is -0.352 e. The van der Waals surface area contributed by atoms with Gasteiger partial charge in [-0.25, -0.2) is 8.42 Å². The second kappa shape index (κ2) is 15.4. The Hall–Kier alpha value is -3.56. The molecule has 0 saturated heterocycles. The molecule has 7 nitrogen and oxygen atoms in total. The van der Waals surface area contributed by atoms with Crippen LogP contribution in [0.3, 0.4) is 0 Å². The minimum atomic E-state index is -4.30. The molecule has 0 aromatic heterocycles. The fourth-order valence-corrected chi connectivity index (χ4v) is 7.78. The molecule has 0 unspecified atom stereocenters. The van der Waals surface area contributed by atoms with E-state index in [0.717, 1.165) is 35.6 Å². The van der Waals surface area contributed by atoms with Crippen molar-refractivity contribution >= 4 is 62.3 Å². The molecule has 11 heteroatoms. The molecule has 240 valence electrons. The molecule has 5 rings (SSSR count). The molecule has 0 bridgehead atoms. The lowest BCUT2D eigenvalue weighted by molar-refractivity contribution is -0.140. The van der Waals surface area contributed by atoms with Crippen LogP contribution in [0.25, 0.3) is 0 Å². The summed E-state index contributed by atoms with van der Waals surface area (Å²) < 4.78 is 29.2. The average molecular weight is 699 g/mol. The van der Waals surface area contributed by atoms with E-state index < -0.39 is 28.5 Å². The second-order valence-corrected chi connectivity index (χ2v) is 14.3. The Balaban J connectivity index is 1.59. The molecule has 4 aromatic rings. The first kappa shape index (κ1) is 33.8. The van der Waals surface area contributed by atoms with Crippen molar-refractivity contribution in [3.63, 3.8) is 0 Å². The maximum Gasteiger partial charge on any atom is 0.264 e. The summed E-state index contributed by atoms with van der Waals surface area (Å²) in [4.78, 5) is 30.1. The highest BCUT2D eigenvalue weighted by atomic mass is 35.5. The predicted molar refractivity (Wildman–Crippen MR) is 184 cm³/mol. The summed E-state index contributed by atoms with van der Waals surface area (Å²) in [5.74, 6) is -0.901. The first-order valence-corrected chi connectivity index (χ1v) is 17.6.